The zero-order valence-corrected chi connectivity index (χ0v) is 9.12. The Bertz CT molecular complexity index is 410. The van der Waals surface area contributed by atoms with Gasteiger partial charge in [-0.3, -0.25) is 10.1 Å². The van der Waals surface area contributed by atoms with Crippen molar-refractivity contribution >= 4 is 11.4 Å². The van der Waals surface area contributed by atoms with Crippen LogP contribution in [0.15, 0.2) is 24.3 Å². The molecule has 0 bridgehead atoms. The highest BCUT2D eigenvalue weighted by Gasteiger charge is 2.27. The van der Waals surface area contributed by atoms with E-state index in [0.29, 0.717) is 13.0 Å². The van der Waals surface area contributed by atoms with Gasteiger partial charge < -0.3 is 10.0 Å². The van der Waals surface area contributed by atoms with E-state index in [1.807, 2.05) is 0 Å². The minimum absolute atomic E-state index is 0.0163. The quantitative estimate of drug-likeness (QED) is 0.628. The number of aliphatic hydroxyl groups excluding tert-OH is 1. The normalized spacial score (nSPS) is 24.7. The third-order valence-corrected chi connectivity index (χ3v) is 2.93. The molecule has 1 aromatic carbocycles. The summed E-state index contributed by atoms with van der Waals surface area (Å²) in [6, 6.07) is 5.99. The Labute approximate surface area is 97.6 Å². The van der Waals surface area contributed by atoms with Crippen molar-refractivity contribution in [1.82, 2.24) is 0 Å². The molecule has 0 aromatic heterocycles. The number of hydrogen-bond donors (Lipinski definition) is 1. The van der Waals surface area contributed by atoms with Gasteiger partial charge in [-0.25, -0.2) is 4.39 Å². The van der Waals surface area contributed by atoms with E-state index in [1.54, 1.807) is 17.0 Å². The lowest BCUT2D eigenvalue weighted by molar-refractivity contribution is -0.384. The van der Waals surface area contributed by atoms with Crippen LogP contribution in [0.1, 0.15) is 6.42 Å². The maximum atomic E-state index is 13.3. The largest absolute Gasteiger partial charge is 0.390 e. The molecular weight excluding hydrogens is 227 g/mol. The molecule has 1 fully saturated rings. The number of piperidine rings is 1. The lowest BCUT2D eigenvalue weighted by atomic mass is 10.1. The van der Waals surface area contributed by atoms with Gasteiger partial charge in [-0.15, -0.1) is 0 Å². The zero-order valence-electron chi connectivity index (χ0n) is 9.12. The van der Waals surface area contributed by atoms with E-state index in [1.165, 1.54) is 12.1 Å². The van der Waals surface area contributed by atoms with Crippen LogP contribution in [0.3, 0.4) is 0 Å². The Hall–Kier alpha value is -1.69. The van der Waals surface area contributed by atoms with Gasteiger partial charge in [-0.05, 0) is 18.6 Å². The molecule has 1 N–H and O–H groups in total. The van der Waals surface area contributed by atoms with Gasteiger partial charge >= 0.3 is 0 Å². The smallest absolute Gasteiger partial charge is 0.269 e. The number of nitro benzene ring substituents is 1. The first-order valence-electron chi connectivity index (χ1n) is 5.39. The monoisotopic (exact) mass is 240 g/mol. The van der Waals surface area contributed by atoms with Crippen LogP contribution >= 0.6 is 0 Å². The summed E-state index contributed by atoms with van der Waals surface area (Å²) in [5, 5.41) is 19.8. The van der Waals surface area contributed by atoms with Crippen LogP contribution in [-0.4, -0.2) is 35.4 Å². The minimum atomic E-state index is -1.26. The van der Waals surface area contributed by atoms with Crippen LogP contribution < -0.4 is 4.90 Å². The fourth-order valence-electron chi connectivity index (χ4n) is 1.91. The summed E-state index contributed by atoms with van der Waals surface area (Å²) in [6.07, 6.45) is -1.79. The fraction of sp³-hybridized carbons (Fsp3) is 0.455. The van der Waals surface area contributed by atoms with Crippen molar-refractivity contribution in [1.29, 1.82) is 0 Å². The Balaban J connectivity index is 2.10. The molecule has 6 heteroatoms. The van der Waals surface area contributed by atoms with E-state index in [2.05, 4.69) is 0 Å². The zero-order chi connectivity index (χ0) is 12.4. The van der Waals surface area contributed by atoms with Gasteiger partial charge in [0.25, 0.3) is 5.69 Å². The summed E-state index contributed by atoms with van der Waals surface area (Å²) in [7, 11) is 0. The first-order chi connectivity index (χ1) is 8.08. The van der Waals surface area contributed by atoms with Gasteiger partial charge in [0.05, 0.1) is 17.6 Å². The van der Waals surface area contributed by atoms with Gasteiger partial charge in [0.2, 0.25) is 0 Å². The molecule has 5 nitrogen and oxygen atoms in total. The highest BCUT2D eigenvalue weighted by atomic mass is 19.1. The molecule has 1 saturated heterocycles. The number of hydrogen-bond acceptors (Lipinski definition) is 4. The number of anilines is 1. The van der Waals surface area contributed by atoms with Gasteiger partial charge in [0.15, 0.2) is 0 Å². The number of non-ortho nitro benzene ring substituents is 1. The van der Waals surface area contributed by atoms with Crippen molar-refractivity contribution in [2.24, 2.45) is 0 Å². The highest BCUT2D eigenvalue weighted by Crippen LogP contribution is 2.23. The Morgan fingerprint density at radius 1 is 1.41 bits per heavy atom. The van der Waals surface area contributed by atoms with Crippen LogP contribution in [0.4, 0.5) is 15.8 Å². The summed E-state index contributed by atoms with van der Waals surface area (Å²) >= 11 is 0. The van der Waals surface area contributed by atoms with E-state index in [9.17, 15) is 19.6 Å². The molecule has 2 unspecified atom stereocenters. The summed E-state index contributed by atoms with van der Waals surface area (Å²) in [6.45, 7) is 0.679. The highest BCUT2D eigenvalue weighted by molar-refractivity contribution is 5.51. The SMILES string of the molecule is O=[N+]([O-])c1ccc(N2CCC(O)C(F)C2)cc1. The molecule has 0 spiro atoms. The second-order valence-electron chi connectivity index (χ2n) is 4.09. The molecule has 1 aliphatic heterocycles. The predicted molar refractivity (Wildman–Crippen MR) is 60.8 cm³/mol. The van der Waals surface area contributed by atoms with Crippen LogP contribution in [0, 0.1) is 10.1 Å². The molecular formula is C11H13FN2O3. The molecule has 92 valence electrons. The van der Waals surface area contributed by atoms with Crippen molar-refractivity contribution in [2.45, 2.75) is 18.7 Å². The standard InChI is InChI=1S/C11H13FN2O3/c12-10-7-13(6-5-11(10)15)8-1-3-9(4-2-8)14(16)17/h1-4,10-11,15H,5-7H2. The first kappa shape index (κ1) is 11.8. The molecule has 2 atom stereocenters. The fourth-order valence-corrected chi connectivity index (χ4v) is 1.91. The van der Waals surface area contributed by atoms with Gasteiger partial charge in [0, 0.05) is 24.4 Å². The van der Waals surface area contributed by atoms with E-state index in [4.69, 9.17) is 0 Å². The number of benzene rings is 1. The molecule has 17 heavy (non-hydrogen) atoms. The van der Waals surface area contributed by atoms with Crippen molar-refractivity contribution in [3.8, 4) is 0 Å². The number of nitro groups is 1. The van der Waals surface area contributed by atoms with Gasteiger partial charge in [-0.1, -0.05) is 0 Å². The number of aliphatic hydroxyl groups is 1. The molecule has 0 aliphatic carbocycles. The Morgan fingerprint density at radius 3 is 2.59 bits per heavy atom. The third kappa shape index (κ3) is 2.52. The van der Waals surface area contributed by atoms with E-state index >= 15 is 0 Å². The van der Waals surface area contributed by atoms with E-state index in [0.717, 1.165) is 5.69 Å². The van der Waals surface area contributed by atoms with Crippen molar-refractivity contribution < 1.29 is 14.4 Å². The number of rotatable bonds is 2. The van der Waals surface area contributed by atoms with Crippen LogP contribution in [0.5, 0.6) is 0 Å². The molecule has 0 radical (unpaired) electrons. The van der Waals surface area contributed by atoms with Crippen molar-refractivity contribution in [3.63, 3.8) is 0 Å². The first-order valence-corrected chi connectivity index (χ1v) is 5.39. The van der Waals surface area contributed by atoms with Gasteiger partial charge in [0.1, 0.15) is 6.17 Å². The molecule has 1 aliphatic rings. The number of nitrogens with zero attached hydrogens (tertiary/aromatic N) is 2. The average molecular weight is 240 g/mol. The average Bonchev–Trinajstić information content (AvgIpc) is 2.33. The van der Waals surface area contributed by atoms with E-state index < -0.39 is 17.2 Å². The molecule has 0 saturated carbocycles. The summed E-state index contributed by atoms with van der Waals surface area (Å²) in [5.41, 5.74) is 0.757. The molecule has 2 rings (SSSR count). The van der Waals surface area contributed by atoms with Crippen LogP contribution in [0.25, 0.3) is 0 Å². The number of halogens is 1. The topological polar surface area (TPSA) is 66.6 Å². The van der Waals surface area contributed by atoms with Crippen LogP contribution in [-0.2, 0) is 0 Å². The molecule has 1 aromatic rings. The maximum Gasteiger partial charge on any atom is 0.269 e. The minimum Gasteiger partial charge on any atom is -0.390 e. The lowest BCUT2D eigenvalue weighted by Crippen LogP contribution is -2.44. The molecule has 0 amide bonds. The third-order valence-electron chi connectivity index (χ3n) is 2.93. The summed E-state index contributed by atoms with van der Waals surface area (Å²) < 4.78 is 13.3. The molecule has 1 heterocycles. The maximum absolute atomic E-state index is 13.3. The predicted octanol–water partition coefficient (Wildman–Crippen LogP) is 1.50. The Kier molecular flexibility index (Phi) is 3.23. The van der Waals surface area contributed by atoms with Crippen LogP contribution in [0.2, 0.25) is 0 Å². The Morgan fingerprint density at radius 2 is 2.06 bits per heavy atom. The summed E-state index contributed by atoms with van der Waals surface area (Å²) in [5.74, 6) is 0. The second-order valence-corrected chi connectivity index (χ2v) is 4.09. The summed E-state index contributed by atoms with van der Waals surface area (Å²) in [4.78, 5) is 11.8. The second kappa shape index (κ2) is 4.67. The van der Waals surface area contributed by atoms with Crippen molar-refractivity contribution in [3.05, 3.63) is 34.4 Å². The lowest BCUT2D eigenvalue weighted by Gasteiger charge is -2.33. The van der Waals surface area contributed by atoms with Gasteiger partial charge in [-0.2, -0.15) is 0 Å². The number of alkyl halides is 1. The van der Waals surface area contributed by atoms with Crippen molar-refractivity contribution in [2.75, 3.05) is 18.0 Å². The van der Waals surface area contributed by atoms with E-state index in [-0.39, 0.29) is 12.2 Å².